The fraction of sp³-hybridized carbons (Fsp3) is 0.0137. The van der Waals surface area contributed by atoms with E-state index in [1.807, 2.05) is 0 Å². The van der Waals surface area contributed by atoms with E-state index < -0.39 is 5.41 Å². The van der Waals surface area contributed by atoms with Gasteiger partial charge in [0.1, 0.15) is 0 Å². The van der Waals surface area contributed by atoms with Crippen molar-refractivity contribution in [1.82, 2.24) is 0 Å². The van der Waals surface area contributed by atoms with Crippen molar-refractivity contribution >= 4 is 51.2 Å². The molecule has 2 aliphatic carbocycles. The fourth-order valence-electron chi connectivity index (χ4n) is 12.2. The number of fused-ring (bicyclic) bond motifs is 10. The molecule has 1 spiro atoms. The van der Waals surface area contributed by atoms with Gasteiger partial charge in [-0.1, -0.05) is 218 Å². The highest BCUT2D eigenvalue weighted by Crippen LogP contribution is 2.65. The molecule has 0 fully saturated rings. The third-order valence-corrected chi connectivity index (χ3v) is 15.4. The Morgan fingerprint density at radius 1 is 0.184 bits per heavy atom. The molecule has 0 aliphatic heterocycles. The van der Waals surface area contributed by atoms with Crippen LogP contribution in [-0.4, -0.2) is 0 Å². The topological polar surface area (TPSA) is 9.72 Å². The van der Waals surface area contributed by atoms with Crippen LogP contribution in [0.15, 0.2) is 309 Å². The second-order valence-electron chi connectivity index (χ2n) is 19.6. The third-order valence-electron chi connectivity index (χ3n) is 15.4. The van der Waals surface area contributed by atoms with E-state index in [2.05, 4.69) is 324 Å². The molecule has 0 saturated carbocycles. The van der Waals surface area contributed by atoms with Gasteiger partial charge in [-0.25, -0.2) is 0 Å². The highest BCUT2D eigenvalue weighted by Gasteiger charge is 2.52. The largest absolute Gasteiger partial charge is 0.310 e. The molecule has 12 aromatic carbocycles. The molecule has 0 bridgehead atoms. The van der Waals surface area contributed by atoms with E-state index >= 15 is 0 Å². The molecule has 0 radical (unpaired) electrons. The number of hydrogen-bond acceptors (Lipinski definition) is 3. The number of para-hydroxylation sites is 4. The summed E-state index contributed by atoms with van der Waals surface area (Å²) in [6.07, 6.45) is 0. The van der Waals surface area contributed by atoms with Gasteiger partial charge in [0.05, 0.1) is 22.5 Å². The van der Waals surface area contributed by atoms with Gasteiger partial charge in [-0.15, -0.1) is 0 Å². The summed E-state index contributed by atoms with van der Waals surface area (Å²) in [6.45, 7) is 0. The summed E-state index contributed by atoms with van der Waals surface area (Å²) in [7, 11) is 0. The monoisotopic (exact) mass is 969 g/mol. The van der Waals surface area contributed by atoms with Crippen molar-refractivity contribution in [1.29, 1.82) is 0 Å². The van der Waals surface area contributed by atoms with Crippen molar-refractivity contribution < 1.29 is 0 Å². The minimum atomic E-state index is -0.585. The van der Waals surface area contributed by atoms with Crippen molar-refractivity contribution in [3.63, 3.8) is 0 Å². The average molecular weight is 970 g/mol. The molecule has 14 rings (SSSR count). The lowest BCUT2D eigenvalue weighted by atomic mass is 9.70. The first kappa shape index (κ1) is 44.7. The molecule has 0 amide bonds. The van der Waals surface area contributed by atoms with Crippen LogP contribution in [0.4, 0.5) is 51.2 Å². The Balaban J connectivity index is 1.08. The third kappa shape index (κ3) is 7.43. The van der Waals surface area contributed by atoms with Gasteiger partial charge >= 0.3 is 0 Å². The Morgan fingerprint density at radius 3 is 1.04 bits per heavy atom. The maximum absolute atomic E-state index is 2.52. The van der Waals surface area contributed by atoms with Crippen molar-refractivity contribution in [2.75, 3.05) is 14.7 Å². The zero-order valence-corrected chi connectivity index (χ0v) is 41.8. The quantitative estimate of drug-likeness (QED) is 0.128. The number of anilines is 9. The summed E-state index contributed by atoms with van der Waals surface area (Å²) in [5.74, 6) is 0. The predicted molar refractivity (Wildman–Crippen MR) is 318 cm³/mol. The average Bonchev–Trinajstić information content (AvgIpc) is 4.03. The first-order chi connectivity index (χ1) is 37.7. The van der Waals surface area contributed by atoms with E-state index in [0.29, 0.717) is 0 Å². The summed E-state index contributed by atoms with van der Waals surface area (Å²) < 4.78 is 0. The van der Waals surface area contributed by atoms with Crippen LogP contribution in [0.2, 0.25) is 0 Å². The first-order valence-corrected chi connectivity index (χ1v) is 26.2. The van der Waals surface area contributed by atoms with Crippen molar-refractivity contribution in [2.24, 2.45) is 0 Å². The van der Waals surface area contributed by atoms with Crippen LogP contribution in [0.5, 0.6) is 0 Å². The Bertz CT molecular complexity index is 3820. The van der Waals surface area contributed by atoms with Crippen LogP contribution in [0.3, 0.4) is 0 Å². The van der Waals surface area contributed by atoms with Crippen LogP contribution >= 0.6 is 0 Å². The zero-order chi connectivity index (χ0) is 50.4. The maximum Gasteiger partial charge on any atom is 0.0726 e. The molecule has 76 heavy (non-hydrogen) atoms. The normalized spacial score (nSPS) is 12.3. The molecule has 0 N–H and O–H groups in total. The van der Waals surface area contributed by atoms with Gasteiger partial charge < -0.3 is 14.7 Å². The van der Waals surface area contributed by atoms with Crippen LogP contribution in [0.25, 0.3) is 44.5 Å². The van der Waals surface area contributed by atoms with Crippen LogP contribution in [0.1, 0.15) is 22.3 Å². The minimum absolute atomic E-state index is 0.585. The molecule has 0 heterocycles. The van der Waals surface area contributed by atoms with Gasteiger partial charge in [-0.05, 0) is 158 Å². The van der Waals surface area contributed by atoms with Crippen molar-refractivity contribution in [3.8, 4) is 44.5 Å². The van der Waals surface area contributed by atoms with E-state index in [-0.39, 0.29) is 0 Å². The van der Waals surface area contributed by atoms with E-state index in [4.69, 9.17) is 0 Å². The zero-order valence-electron chi connectivity index (χ0n) is 41.8. The van der Waals surface area contributed by atoms with Crippen LogP contribution < -0.4 is 14.7 Å². The molecule has 0 saturated heterocycles. The minimum Gasteiger partial charge on any atom is -0.310 e. The Morgan fingerprint density at radius 2 is 0.539 bits per heavy atom. The van der Waals surface area contributed by atoms with E-state index in [9.17, 15) is 0 Å². The second kappa shape index (κ2) is 18.8. The molecule has 3 nitrogen and oxygen atoms in total. The lowest BCUT2D eigenvalue weighted by molar-refractivity contribution is 0.794. The van der Waals surface area contributed by atoms with Gasteiger partial charge in [0.25, 0.3) is 0 Å². The van der Waals surface area contributed by atoms with Gasteiger partial charge in [0.15, 0.2) is 0 Å². The highest BCUT2D eigenvalue weighted by molar-refractivity contribution is 6.01. The molecule has 2 aliphatic rings. The first-order valence-electron chi connectivity index (χ1n) is 26.2. The second-order valence-corrected chi connectivity index (χ2v) is 19.6. The number of rotatable bonds is 11. The predicted octanol–water partition coefficient (Wildman–Crippen LogP) is 19.8. The molecule has 358 valence electrons. The lowest BCUT2D eigenvalue weighted by Gasteiger charge is -2.34. The molecule has 0 atom stereocenters. The standard InChI is InChI=1S/C73H51N3/c1-7-25-52(26-8-1)54-29-23-38-59(47-54)76(63-49-61(74(55-30-11-3-12-31-55)56-32-13-4-14-33-56)48-62(50-63)75(57-34-15-5-16-35-57)58-36-17-6-18-37-58)60-45-46-67-71(51-60)73(68-42-21-19-39-65(68)66-40-20-22-43-69(66)73)70-44-24-41-64(72(67)70)53-27-9-2-10-28-53/h1-51H. The molecule has 0 unspecified atom stereocenters. The molecule has 0 aromatic heterocycles. The SMILES string of the molecule is c1ccc(-c2cccc(N(c3cc(N(c4ccccc4)c4ccccc4)cc(N(c4ccccc4)c4ccccc4)c3)c3ccc4c(c3)C3(c5ccccc5-c5ccccc53)c3cccc(-c5ccccc5)c3-4)c2)cc1. The summed E-state index contributed by atoms with van der Waals surface area (Å²) in [4.78, 5) is 7.25. The van der Waals surface area contributed by atoms with E-state index in [1.54, 1.807) is 0 Å². The van der Waals surface area contributed by atoms with Gasteiger partial charge in [0, 0.05) is 34.1 Å². The van der Waals surface area contributed by atoms with Crippen LogP contribution in [0, 0.1) is 0 Å². The Hall–Kier alpha value is -9.96. The van der Waals surface area contributed by atoms with E-state index in [1.165, 1.54) is 55.6 Å². The smallest absolute Gasteiger partial charge is 0.0726 e. The Labute approximate surface area is 445 Å². The summed E-state index contributed by atoms with van der Waals surface area (Å²) >= 11 is 0. The fourth-order valence-corrected chi connectivity index (χ4v) is 12.2. The maximum atomic E-state index is 2.52. The van der Waals surface area contributed by atoms with Gasteiger partial charge in [-0.3, -0.25) is 0 Å². The van der Waals surface area contributed by atoms with Crippen molar-refractivity contribution in [3.05, 3.63) is 332 Å². The van der Waals surface area contributed by atoms with Crippen LogP contribution in [-0.2, 0) is 5.41 Å². The molecular formula is C73H51N3. The molecule has 3 heteroatoms. The number of benzene rings is 12. The Kier molecular flexibility index (Phi) is 11.1. The molecule has 12 aromatic rings. The van der Waals surface area contributed by atoms with Gasteiger partial charge in [0.2, 0.25) is 0 Å². The van der Waals surface area contributed by atoms with Crippen molar-refractivity contribution in [2.45, 2.75) is 5.41 Å². The highest BCUT2D eigenvalue weighted by atomic mass is 15.2. The number of hydrogen-bond donors (Lipinski definition) is 0. The number of nitrogens with zero attached hydrogens (tertiary/aromatic N) is 3. The summed E-state index contributed by atoms with van der Waals surface area (Å²) in [6, 6.07) is 113. The molecular weight excluding hydrogens is 919 g/mol. The van der Waals surface area contributed by atoms with Gasteiger partial charge in [-0.2, -0.15) is 0 Å². The lowest BCUT2D eigenvalue weighted by Crippen LogP contribution is -2.26. The summed E-state index contributed by atoms with van der Waals surface area (Å²) in [5, 5.41) is 0. The summed E-state index contributed by atoms with van der Waals surface area (Å²) in [5.41, 5.74) is 23.8. The van der Waals surface area contributed by atoms with E-state index in [0.717, 1.165) is 62.3 Å².